The van der Waals surface area contributed by atoms with Crippen molar-refractivity contribution >= 4 is 33.4 Å². The molecule has 202 valence electrons. The van der Waals surface area contributed by atoms with E-state index in [1.54, 1.807) is 19.4 Å². The first-order chi connectivity index (χ1) is 19.6. The number of aryl methyl sites for hydroxylation is 1. The van der Waals surface area contributed by atoms with Crippen LogP contribution >= 0.6 is 0 Å². The molecule has 0 aliphatic heterocycles. The van der Waals surface area contributed by atoms with Gasteiger partial charge in [0.1, 0.15) is 11.3 Å². The van der Waals surface area contributed by atoms with E-state index in [0.717, 1.165) is 59.1 Å². The summed E-state index contributed by atoms with van der Waals surface area (Å²) in [5.74, 6) is 0.408. The van der Waals surface area contributed by atoms with Crippen molar-refractivity contribution in [3.8, 4) is 5.75 Å². The average Bonchev–Trinajstić information content (AvgIpc) is 3.00. The van der Waals surface area contributed by atoms with Crippen LogP contribution in [0.1, 0.15) is 40.0 Å². The van der Waals surface area contributed by atoms with Crippen molar-refractivity contribution in [2.75, 3.05) is 25.5 Å². The van der Waals surface area contributed by atoms with Gasteiger partial charge in [-0.2, -0.15) is 0 Å². The lowest BCUT2D eigenvalue weighted by atomic mass is 9.92. The summed E-state index contributed by atoms with van der Waals surface area (Å²) in [7, 11) is 1.64. The number of nitrogens with zero attached hydrogens (tertiary/aromatic N) is 2. The molecule has 40 heavy (non-hydrogen) atoms. The summed E-state index contributed by atoms with van der Waals surface area (Å²) in [5.41, 5.74) is 6.26. The summed E-state index contributed by atoms with van der Waals surface area (Å²) in [4.78, 5) is 31.5. The van der Waals surface area contributed by atoms with Gasteiger partial charge in [0.05, 0.1) is 18.1 Å². The number of hydrogen-bond donors (Lipinski definition) is 2. The van der Waals surface area contributed by atoms with Gasteiger partial charge in [-0.05, 0) is 67.1 Å². The number of para-hydroxylation sites is 2. The summed E-state index contributed by atoms with van der Waals surface area (Å²) in [6.45, 7) is 1.45. The molecular formula is C33H32N4O3. The first kappa shape index (κ1) is 25.6. The SMILES string of the molecule is COc1ccc(Cn2cc(C(=O)NCCNc3c4c(nc5ccccc35)CCCC4)c(=O)c3ccccc32)cc1. The van der Waals surface area contributed by atoms with Gasteiger partial charge in [-0.15, -0.1) is 0 Å². The Kier molecular flexibility index (Phi) is 7.19. The summed E-state index contributed by atoms with van der Waals surface area (Å²) >= 11 is 0. The zero-order chi connectivity index (χ0) is 27.5. The molecule has 1 aliphatic rings. The van der Waals surface area contributed by atoms with E-state index in [1.807, 2.05) is 65.2 Å². The van der Waals surface area contributed by atoms with E-state index in [0.29, 0.717) is 25.0 Å². The van der Waals surface area contributed by atoms with Crippen LogP contribution in [0, 0.1) is 0 Å². The Labute approximate surface area is 232 Å². The Bertz CT molecular complexity index is 1760. The van der Waals surface area contributed by atoms with Gasteiger partial charge in [0.25, 0.3) is 5.91 Å². The van der Waals surface area contributed by atoms with Crippen LogP contribution in [0.5, 0.6) is 5.75 Å². The third-order valence-electron chi connectivity index (χ3n) is 7.63. The number of carbonyl (C=O) groups excluding carboxylic acids is 1. The number of rotatable bonds is 8. The lowest BCUT2D eigenvalue weighted by Gasteiger charge is -2.21. The molecular weight excluding hydrogens is 500 g/mol. The largest absolute Gasteiger partial charge is 0.497 e. The highest BCUT2D eigenvalue weighted by Gasteiger charge is 2.19. The van der Waals surface area contributed by atoms with Gasteiger partial charge in [0, 0.05) is 48.0 Å². The second-order valence-electron chi connectivity index (χ2n) is 10.2. The maximum atomic E-state index is 13.3. The molecule has 1 aliphatic carbocycles. The molecule has 0 unspecified atom stereocenters. The fourth-order valence-corrected chi connectivity index (χ4v) is 5.60. The van der Waals surface area contributed by atoms with E-state index in [4.69, 9.17) is 9.72 Å². The number of methoxy groups -OCH3 is 1. The van der Waals surface area contributed by atoms with Crippen molar-refractivity contribution in [1.82, 2.24) is 14.9 Å². The van der Waals surface area contributed by atoms with Crippen LogP contribution in [0.3, 0.4) is 0 Å². The molecule has 2 aromatic heterocycles. The van der Waals surface area contributed by atoms with Gasteiger partial charge in [-0.3, -0.25) is 14.6 Å². The third kappa shape index (κ3) is 5.02. The number of hydrogen-bond acceptors (Lipinski definition) is 5. The molecule has 0 atom stereocenters. The van der Waals surface area contributed by atoms with Gasteiger partial charge in [0.2, 0.25) is 5.43 Å². The van der Waals surface area contributed by atoms with Gasteiger partial charge >= 0.3 is 0 Å². The Morgan fingerprint density at radius 3 is 2.50 bits per heavy atom. The van der Waals surface area contributed by atoms with Crippen LogP contribution in [0.25, 0.3) is 21.8 Å². The number of fused-ring (bicyclic) bond motifs is 3. The molecule has 0 bridgehead atoms. The minimum absolute atomic E-state index is 0.138. The van der Waals surface area contributed by atoms with Crippen molar-refractivity contribution in [2.45, 2.75) is 32.2 Å². The second kappa shape index (κ2) is 11.2. The van der Waals surface area contributed by atoms with Gasteiger partial charge in [-0.25, -0.2) is 0 Å². The zero-order valence-corrected chi connectivity index (χ0v) is 22.6. The average molecular weight is 533 g/mol. The molecule has 0 saturated heterocycles. The second-order valence-corrected chi connectivity index (χ2v) is 10.2. The molecule has 7 heteroatoms. The highest BCUT2D eigenvalue weighted by atomic mass is 16.5. The lowest BCUT2D eigenvalue weighted by molar-refractivity contribution is 0.0953. The first-order valence-electron chi connectivity index (χ1n) is 13.8. The Balaban J connectivity index is 1.21. The van der Waals surface area contributed by atoms with E-state index < -0.39 is 0 Å². The number of carbonyl (C=O) groups is 1. The number of pyridine rings is 2. The Hall–Kier alpha value is -4.65. The molecule has 3 aromatic carbocycles. The molecule has 0 fully saturated rings. The highest BCUT2D eigenvalue weighted by molar-refractivity contribution is 5.97. The first-order valence-corrected chi connectivity index (χ1v) is 13.8. The number of aromatic nitrogens is 2. The molecule has 2 N–H and O–H groups in total. The standard InChI is InChI=1S/C33H32N4O3/c1-40-23-16-14-22(15-17-23)20-37-21-27(32(38)26-10-4-7-13-30(26)37)33(39)35-19-18-34-31-24-8-2-5-11-28(24)36-29-12-6-3-9-25(29)31/h2,4-5,7-8,10-11,13-17,21H,3,6,9,12,18-20H2,1H3,(H,34,36)(H,35,39). The highest BCUT2D eigenvalue weighted by Crippen LogP contribution is 2.33. The van der Waals surface area contributed by atoms with E-state index in [9.17, 15) is 9.59 Å². The maximum Gasteiger partial charge on any atom is 0.256 e. The van der Waals surface area contributed by atoms with Gasteiger partial charge < -0.3 is 19.9 Å². The molecule has 1 amide bonds. The van der Waals surface area contributed by atoms with Crippen LogP contribution in [0.15, 0.2) is 83.8 Å². The van der Waals surface area contributed by atoms with Crippen molar-refractivity contribution in [3.05, 3.63) is 112 Å². The normalized spacial score (nSPS) is 12.7. The molecule has 0 saturated carbocycles. The topological polar surface area (TPSA) is 85.2 Å². The fourth-order valence-electron chi connectivity index (χ4n) is 5.60. The molecule has 0 spiro atoms. The van der Waals surface area contributed by atoms with Crippen molar-refractivity contribution < 1.29 is 9.53 Å². The van der Waals surface area contributed by atoms with E-state index >= 15 is 0 Å². The monoisotopic (exact) mass is 532 g/mol. The summed E-state index contributed by atoms with van der Waals surface area (Å²) in [6, 6.07) is 23.4. The number of benzene rings is 3. The van der Waals surface area contributed by atoms with Crippen molar-refractivity contribution in [3.63, 3.8) is 0 Å². The van der Waals surface area contributed by atoms with Crippen LogP contribution in [0.2, 0.25) is 0 Å². The van der Waals surface area contributed by atoms with E-state index in [1.165, 1.54) is 11.3 Å². The molecule has 0 radical (unpaired) electrons. The third-order valence-corrected chi connectivity index (χ3v) is 7.63. The predicted molar refractivity (Wildman–Crippen MR) is 160 cm³/mol. The number of ether oxygens (including phenoxy) is 1. The Morgan fingerprint density at radius 2 is 1.68 bits per heavy atom. The van der Waals surface area contributed by atoms with E-state index in [2.05, 4.69) is 16.7 Å². The lowest BCUT2D eigenvalue weighted by Crippen LogP contribution is -2.33. The van der Waals surface area contributed by atoms with Crippen molar-refractivity contribution in [2.24, 2.45) is 0 Å². The summed E-state index contributed by atoms with van der Waals surface area (Å²) in [6.07, 6.45) is 5.99. The summed E-state index contributed by atoms with van der Waals surface area (Å²) in [5, 5.41) is 8.16. The smallest absolute Gasteiger partial charge is 0.256 e. The van der Waals surface area contributed by atoms with Crippen LogP contribution in [-0.4, -0.2) is 35.7 Å². The van der Waals surface area contributed by atoms with Crippen LogP contribution < -0.4 is 20.8 Å². The molecule has 7 nitrogen and oxygen atoms in total. The quantitative estimate of drug-likeness (QED) is 0.264. The molecule has 6 rings (SSSR count). The molecule has 5 aromatic rings. The minimum atomic E-state index is -0.373. The number of anilines is 1. The maximum absolute atomic E-state index is 13.3. The number of amides is 1. The number of nitrogens with one attached hydrogen (secondary N) is 2. The summed E-state index contributed by atoms with van der Waals surface area (Å²) < 4.78 is 7.23. The predicted octanol–water partition coefficient (Wildman–Crippen LogP) is 5.33. The van der Waals surface area contributed by atoms with E-state index in [-0.39, 0.29) is 16.9 Å². The molecule has 2 heterocycles. The Morgan fingerprint density at radius 1 is 0.925 bits per heavy atom. The fraction of sp³-hybridized carbons (Fsp3) is 0.242. The zero-order valence-electron chi connectivity index (χ0n) is 22.6. The van der Waals surface area contributed by atoms with Gasteiger partial charge in [0.15, 0.2) is 0 Å². The van der Waals surface area contributed by atoms with Crippen LogP contribution in [-0.2, 0) is 19.4 Å². The van der Waals surface area contributed by atoms with Crippen molar-refractivity contribution in [1.29, 1.82) is 0 Å². The minimum Gasteiger partial charge on any atom is -0.497 e. The van der Waals surface area contributed by atoms with Gasteiger partial charge in [-0.1, -0.05) is 42.5 Å². The van der Waals surface area contributed by atoms with Crippen LogP contribution in [0.4, 0.5) is 5.69 Å².